The van der Waals surface area contributed by atoms with Crippen LogP contribution in [0.5, 0.6) is 0 Å². The summed E-state index contributed by atoms with van der Waals surface area (Å²) in [5, 5.41) is 0. The van der Waals surface area contributed by atoms with Crippen LogP contribution in [0.25, 0.3) is 0 Å². The number of ether oxygens (including phenoxy) is 1. The summed E-state index contributed by atoms with van der Waals surface area (Å²) in [6, 6.07) is 4.91. The largest absolute Gasteiger partial charge is 0.398 e. The molecule has 1 aromatic carbocycles. The van der Waals surface area contributed by atoms with Crippen LogP contribution in [0.1, 0.15) is 6.42 Å². The molecule has 7 heteroatoms. The summed E-state index contributed by atoms with van der Waals surface area (Å²) in [5.41, 5.74) is 6.61. The molecule has 0 aliphatic heterocycles. The topological polar surface area (TPSA) is 81.4 Å². The van der Waals surface area contributed by atoms with E-state index in [9.17, 15) is 8.42 Å². The van der Waals surface area contributed by atoms with Crippen LogP contribution in [0.4, 0.5) is 11.4 Å². The maximum absolute atomic E-state index is 11.7. The highest BCUT2D eigenvalue weighted by Crippen LogP contribution is 2.23. The third-order valence-electron chi connectivity index (χ3n) is 2.03. The quantitative estimate of drug-likeness (QED) is 0.618. The van der Waals surface area contributed by atoms with Crippen molar-refractivity contribution in [3.63, 3.8) is 0 Å². The third-order valence-corrected chi connectivity index (χ3v) is 4.13. The van der Waals surface area contributed by atoms with Crippen LogP contribution in [0, 0.1) is 0 Å². The Balaban J connectivity index is 2.66. The minimum Gasteiger partial charge on any atom is -0.398 e. The van der Waals surface area contributed by atoms with Crippen LogP contribution < -0.4 is 10.5 Å². The van der Waals surface area contributed by atoms with Gasteiger partial charge in [0.05, 0.1) is 11.4 Å². The predicted molar refractivity (Wildman–Crippen MR) is 72.5 cm³/mol. The molecule has 0 spiro atoms. The second kappa shape index (κ2) is 6.23. The van der Waals surface area contributed by atoms with Crippen molar-refractivity contribution in [2.24, 2.45) is 0 Å². The standard InChI is InChI=1S/C10H15BrN2O3S/c1-16-5-2-6-17(14,15)13-8-3-4-9(11)10(12)7-8/h3-4,7,13H,2,5-6,12H2,1H3. The molecule has 96 valence electrons. The van der Waals surface area contributed by atoms with Gasteiger partial charge in [0.1, 0.15) is 0 Å². The van der Waals surface area contributed by atoms with Gasteiger partial charge < -0.3 is 10.5 Å². The van der Waals surface area contributed by atoms with Crippen LogP contribution >= 0.6 is 15.9 Å². The molecule has 0 radical (unpaired) electrons. The maximum Gasteiger partial charge on any atom is 0.232 e. The first kappa shape index (κ1) is 14.3. The van der Waals surface area contributed by atoms with Gasteiger partial charge in [0.2, 0.25) is 10.0 Å². The Morgan fingerprint density at radius 1 is 1.47 bits per heavy atom. The van der Waals surface area contributed by atoms with Gasteiger partial charge in [-0.1, -0.05) is 0 Å². The number of hydrogen-bond donors (Lipinski definition) is 2. The average molecular weight is 323 g/mol. The van der Waals surface area contributed by atoms with E-state index < -0.39 is 10.0 Å². The predicted octanol–water partition coefficient (Wildman–Crippen LogP) is 1.81. The number of sulfonamides is 1. The molecule has 1 rings (SSSR count). The molecule has 0 unspecified atom stereocenters. The van der Waals surface area contributed by atoms with Crippen LogP contribution in [0.15, 0.2) is 22.7 Å². The highest BCUT2D eigenvalue weighted by molar-refractivity contribution is 9.10. The summed E-state index contributed by atoms with van der Waals surface area (Å²) < 4.78 is 31.3. The van der Waals surface area contributed by atoms with Crippen LogP contribution in [0.3, 0.4) is 0 Å². The molecule has 0 saturated carbocycles. The zero-order chi connectivity index (χ0) is 12.9. The number of nitrogens with two attached hydrogens (primary N) is 1. The lowest BCUT2D eigenvalue weighted by molar-refractivity contribution is 0.199. The molecular formula is C10H15BrN2O3S. The molecule has 0 fully saturated rings. The van der Waals surface area contributed by atoms with E-state index in [0.717, 1.165) is 4.47 Å². The Bertz CT molecular complexity index is 476. The molecular weight excluding hydrogens is 308 g/mol. The summed E-state index contributed by atoms with van der Waals surface area (Å²) in [4.78, 5) is 0. The average Bonchev–Trinajstić information content (AvgIpc) is 2.23. The lowest BCUT2D eigenvalue weighted by Gasteiger charge is -2.09. The molecule has 0 atom stereocenters. The van der Waals surface area contributed by atoms with E-state index in [0.29, 0.717) is 24.4 Å². The Morgan fingerprint density at radius 2 is 2.18 bits per heavy atom. The van der Waals surface area contributed by atoms with E-state index in [1.54, 1.807) is 18.2 Å². The second-order valence-corrected chi connectivity index (χ2v) is 6.20. The van der Waals surface area contributed by atoms with Crippen molar-refractivity contribution in [2.75, 3.05) is 29.9 Å². The maximum atomic E-state index is 11.7. The van der Waals surface area contributed by atoms with E-state index in [2.05, 4.69) is 20.7 Å². The third kappa shape index (κ3) is 4.93. The Hall–Kier alpha value is -0.790. The van der Waals surface area contributed by atoms with Gasteiger partial charge in [-0.05, 0) is 40.5 Å². The van der Waals surface area contributed by atoms with Crippen molar-refractivity contribution in [3.8, 4) is 0 Å². The number of nitrogens with one attached hydrogen (secondary N) is 1. The Labute approximate surface area is 110 Å². The number of hydrogen-bond acceptors (Lipinski definition) is 4. The molecule has 1 aromatic rings. The fourth-order valence-corrected chi connectivity index (χ4v) is 2.56. The second-order valence-electron chi connectivity index (χ2n) is 3.50. The Morgan fingerprint density at radius 3 is 2.76 bits per heavy atom. The minimum atomic E-state index is -3.34. The van der Waals surface area contributed by atoms with E-state index >= 15 is 0 Å². The SMILES string of the molecule is COCCCS(=O)(=O)Nc1ccc(Br)c(N)c1. The van der Waals surface area contributed by atoms with Gasteiger partial charge >= 0.3 is 0 Å². The normalized spacial score (nSPS) is 11.4. The molecule has 0 bridgehead atoms. The molecule has 0 aliphatic carbocycles. The number of benzene rings is 1. The van der Waals surface area contributed by atoms with Gasteiger partial charge in [0.25, 0.3) is 0 Å². The molecule has 3 N–H and O–H groups in total. The monoisotopic (exact) mass is 322 g/mol. The summed E-state index contributed by atoms with van der Waals surface area (Å²) in [7, 11) is -1.80. The van der Waals surface area contributed by atoms with Gasteiger partial charge in [0, 0.05) is 23.9 Å². The van der Waals surface area contributed by atoms with Gasteiger partial charge in [-0.25, -0.2) is 8.42 Å². The van der Waals surface area contributed by atoms with Gasteiger partial charge in [-0.15, -0.1) is 0 Å². The van der Waals surface area contributed by atoms with Gasteiger partial charge in [-0.3, -0.25) is 4.72 Å². The number of anilines is 2. The zero-order valence-corrected chi connectivity index (χ0v) is 11.8. The Kier molecular flexibility index (Phi) is 5.23. The molecule has 0 aromatic heterocycles. The van der Waals surface area contributed by atoms with Crippen molar-refractivity contribution < 1.29 is 13.2 Å². The van der Waals surface area contributed by atoms with E-state index in [-0.39, 0.29) is 5.75 Å². The number of halogens is 1. The first-order chi connectivity index (χ1) is 7.94. The van der Waals surface area contributed by atoms with Gasteiger partial charge in [-0.2, -0.15) is 0 Å². The van der Waals surface area contributed by atoms with Crippen molar-refractivity contribution in [1.82, 2.24) is 0 Å². The van der Waals surface area contributed by atoms with Crippen molar-refractivity contribution >= 4 is 37.3 Å². The summed E-state index contributed by atoms with van der Waals surface area (Å²) in [6.45, 7) is 0.420. The van der Waals surface area contributed by atoms with Crippen molar-refractivity contribution in [2.45, 2.75) is 6.42 Å². The van der Waals surface area contributed by atoms with E-state index in [1.807, 2.05) is 0 Å². The summed E-state index contributed by atoms with van der Waals surface area (Å²) in [5.74, 6) is 0.0246. The van der Waals surface area contributed by atoms with Crippen molar-refractivity contribution in [1.29, 1.82) is 0 Å². The fraction of sp³-hybridized carbons (Fsp3) is 0.400. The molecule has 0 amide bonds. The number of nitrogen functional groups attached to an aromatic ring is 1. The van der Waals surface area contributed by atoms with Crippen LogP contribution in [-0.4, -0.2) is 27.9 Å². The first-order valence-electron chi connectivity index (χ1n) is 4.99. The lowest BCUT2D eigenvalue weighted by atomic mass is 10.3. The summed E-state index contributed by atoms with van der Waals surface area (Å²) >= 11 is 3.24. The summed E-state index contributed by atoms with van der Waals surface area (Å²) in [6.07, 6.45) is 0.456. The zero-order valence-electron chi connectivity index (χ0n) is 9.44. The lowest BCUT2D eigenvalue weighted by Crippen LogP contribution is -2.17. The molecule has 0 saturated heterocycles. The smallest absolute Gasteiger partial charge is 0.232 e. The number of rotatable bonds is 6. The van der Waals surface area contributed by atoms with E-state index in [4.69, 9.17) is 10.5 Å². The molecule has 5 nitrogen and oxygen atoms in total. The van der Waals surface area contributed by atoms with Crippen LogP contribution in [-0.2, 0) is 14.8 Å². The highest BCUT2D eigenvalue weighted by Gasteiger charge is 2.10. The van der Waals surface area contributed by atoms with Crippen LogP contribution in [0.2, 0.25) is 0 Å². The number of methoxy groups -OCH3 is 1. The molecule has 17 heavy (non-hydrogen) atoms. The molecule has 0 heterocycles. The minimum absolute atomic E-state index is 0.0246. The first-order valence-corrected chi connectivity index (χ1v) is 7.43. The highest BCUT2D eigenvalue weighted by atomic mass is 79.9. The molecule has 0 aliphatic rings. The van der Waals surface area contributed by atoms with E-state index in [1.165, 1.54) is 7.11 Å². The fourth-order valence-electron chi connectivity index (χ4n) is 1.23. The van der Waals surface area contributed by atoms with Gasteiger partial charge in [0.15, 0.2) is 0 Å². The van der Waals surface area contributed by atoms with Crippen molar-refractivity contribution in [3.05, 3.63) is 22.7 Å².